The molecule has 1 heterocycles. The molecule has 4 atom stereocenters. The van der Waals surface area contributed by atoms with Gasteiger partial charge in [0.2, 0.25) is 0 Å². The molecular weight excluding hydrogens is 446 g/mol. The van der Waals surface area contributed by atoms with Crippen molar-refractivity contribution in [3.8, 4) is 11.5 Å². The first-order chi connectivity index (χ1) is 16.0. The van der Waals surface area contributed by atoms with Crippen LogP contribution in [0.15, 0.2) is 47.4 Å². The summed E-state index contributed by atoms with van der Waals surface area (Å²) in [6.07, 6.45) is -2.25. The number of carbonyl (C=O) groups excluding carboxylic acids is 1. The van der Waals surface area contributed by atoms with Crippen molar-refractivity contribution >= 4 is 23.5 Å². The molecule has 1 fully saturated rings. The summed E-state index contributed by atoms with van der Waals surface area (Å²) in [4.78, 5) is 13.6. The van der Waals surface area contributed by atoms with Crippen LogP contribution in [0.3, 0.4) is 0 Å². The SMILES string of the molecule is CCCCNc1cc(C(=O)NC2CC(O)C(O)C(CO)O2)cc(SN)c1Oc1ccccc1. The fourth-order valence-corrected chi connectivity index (χ4v) is 3.94. The number of ether oxygens (including phenoxy) is 2. The van der Waals surface area contributed by atoms with Crippen molar-refractivity contribution in [2.75, 3.05) is 18.5 Å². The molecule has 1 aliphatic rings. The second-order valence-electron chi connectivity index (χ2n) is 7.78. The highest BCUT2D eigenvalue weighted by Crippen LogP contribution is 2.39. The summed E-state index contributed by atoms with van der Waals surface area (Å²) in [5.74, 6) is 0.719. The first kappa shape index (κ1) is 25.3. The van der Waals surface area contributed by atoms with E-state index in [0.29, 0.717) is 34.2 Å². The lowest BCUT2D eigenvalue weighted by Gasteiger charge is -2.36. The molecule has 0 aromatic heterocycles. The summed E-state index contributed by atoms with van der Waals surface area (Å²) in [7, 11) is 0. The predicted molar refractivity (Wildman–Crippen MR) is 126 cm³/mol. The van der Waals surface area contributed by atoms with E-state index >= 15 is 0 Å². The number of anilines is 1. The van der Waals surface area contributed by atoms with Gasteiger partial charge in [-0.05, 0) is 42.6 Å². The monoisotopic (exact) mass is 477 g/mol. The molecule has 0 saturated carbocycles. The number of carbonyl (C=O) groups is 1. The Morgan fingerprint density at radius 1 is 1.27 bits per heavy atom. The van der Waals surface area contributed by atoms with Crippen molar-refractivity contribution in [2.24, 2.45) is 5.14 Å². The number of nitrogens with two attached hydrogens (primary N) is 1. The molecule has 33 heavy (non-hydrogen) atoms. The van der Waals surface area contributed by atoms with Crippen LogP contribution < -0.4 is 20.5 Å². The lowest BCUT2D eigenvalue weighted by atomic mass is 10.0. The normalized spacial score (nSPS) is 22.6. The number of aliphatic hydroxyl groups is 3. The van der Waals surface area contributed by atoms with Gasteiger partial charge in [0.1, 0.15) is 24.2 Å². The molecule has 180 valence electrons. The Labute approximate surface area is 197 Å². The van der Waals surface area contributed by atoms with Crippen LogP contribution >= 0.6 is 11.9 Å². The number of amides is 1. The fourth-order valence-electron chi connectivity index (χ4n) is 3.49. The zero-order valence-electron chi connectivity index (χ0n) is 18.4. The van der Waals surface area contributed by atoms with Gasteiger partial charge in [0.25, 0.3) is 5.91 Å². The summed E-state index contributed by atoms with van der Waals surface area (Å²) < 4.78 is 11.6. The second kappa shape index (κ2) is 12.2. The number of aliphatic hydroxyl groups excluding tert-OH is 3. The third-order valence-corrected chi connectivity index (χ3v) is 5.85. The second-order valence-corrected chi connectivity index (χ2v) is 8.45. The van der Waals surface area contributed by atoms with Crippen LogP contribution in [0.4, 0.5) is 5.69 Å². The highest BCUT2D eigenvalue weighted by molar-refractivity contribution is 7.97. The molecule has 0 bridgehead atoms. The van der Waals surface area contributed by atoms with Gasteiger partial charge in [0.05, 0.1) is 23.3 Å². The minimum Gasteiger partial charge on any atom is -0.454 e. The third kappa shape index (κ3) is 6.59. The van der Waals surface area contributed by atoms with E-state index in [1.807, 2.05) is 30.3 Å². The number of nitrogens with one attached hydrogen (secondary N) is 2. The summed E-state index contributed by atoms with van der Waals surface area (Å²) in [5, 5.41) is 41.2. The molecular formula is C23H31N3O6S. The zero-order chi connectivity index (χ0) is 23.8. The van der Waals surface area contributed by atoms with E-state index in [1.54, 1.807) is 12.1 Å². The molecule has 4 unspecified atom stereocenters. The van der Waals surface area contributed by atoms with E-state index in [4.69, 9.17) is 14.6 Å². The number of benzene rings is 2. The van der Waals surface area contributed by atoms with Gasteiger partial charge >= 0.3 is 0 Å². The first-order valence-electron chi connectivity index (χ1n) is 10.9. The number of para-hydroxylation sites is 1. The van der Waals surface area contributed by atoms with Gasteiger partial charge < -0.3 is 35.4 Å². The average Bonchev–Trinajstić information content (AvgIpc) is 2.82. The topological polar surface area (TPSA) is 146 Å². The van der Waals surface area contributed by atoms with E-state index in [1.165, 1.54) is 0 Å². The van der Waals surface area contributed by atoms with Gasteiger partial charge in [0, 0.05) is 18.5 Å². The van der Waals surface area contributed by atoms with Crippen molar-refractivity contribution in [1.82, 2.24) is 5.32 Å². The van der Waals surface area contributed by atoms with Gasteiger partial charge in [-0.15, -0.1) is 0 Å². The van der Waals surface area contributed by atoms with Crippen molar-refractivity contribution in [3.63, 3.8) is 0 Å². The molecule has 0 aliphatic carbocycles. The Morgan fingerprint density at radius 3 is 2.70 bits per heavy atom. The highest BCUT2D eigenvalue weighted by Gasteiger charge is 2.37. The average molecular weight is 478 g/mol. The quantitative estimate of drug-likeness (QED) is 0.224. The molecule has 9 nitrogen and oxygen atoms in total. The summed E-state index contributed by atoms with van der Waals surface area (Å²) in [5.41, 5.74) is 0.952. The van der Waals surface area contributed by atoms with Crippen LogP contribution in [0.5, 0.6) is 11.5 Å². The number of hydrogen-bond acceptors (Lipinski definition) is 9. The fraction of sp³-hybridized carbons (Fsp3) is 0.435. The Morgan fingerprint density at radius 2 is 2.03 bits per heavy atom. The Bertz CT molecular complexity index is 917. The Balaban J connectivity index is 1.85. The maximum Gasteiger partial charge on any atom is 0.253 e. The molecule has 0 spiro atoms. The maximum absolute atomic E-state index is 13.0. The van der Waals surface area contributed by atoms with Gasteiger partial charge in [-0.2, -0.15) is 0 Å². The van der Waals surface area contributed by atoms with Crippen LogP contribution in [0.2, 0.25) is 0 Å². The van der Waals surface area contributed by atoms with Gasteiger partial charge in [-0.25, -0.2) is 0 Å². The molecule has 3 rings (SSSR count). The van der Waals surface area contributed by atoms with E-state index < -0.39 is 37.1 Å². The predicted octanol–water partition coefficient (Wildman–Crippen LogP) is 2.22. The van der Waals surface area contributed by atoms with Crippen molar-refractivity contribution < 1.29 is 29.6 Å². The smallest absolute Gasteiger partial charge is 0.253 e. The molecule has 1 amide bonds. The number of hydrogen-bond donors (Lipinski definition) is 6. The van der Waals surface area contributed by atoms with E-state index in [9.17, 15) is 20.1 Å². The van der Waals surface area contributed by atoms with Crippen LogP contribution in [0.1, 0.15) is 36.5 Å². The lowest BCUT2D eigenvalue weighted by Crippen LogP contribution is -2.54. The molecule has 10 heteroatoms. The molecule has 2 aromatic rings. The van der Waals surface area contributed by atoms with Gasteiger partial charge in [-0.3, -0.25) is 9.93 Å². The van der Waals surface area contributed by atoms with Crippen LogP contribution in [-0.4, -0.2) is 58.9 Å². The molecule has 0 radical (unpaired) electrons. The standard InChI is InChI=1S/C23H31N3O6S/c1-2-3-9-25-16-10-14(11-19(33-24)22(16)31-15-7-5-4-6-8-15)23(30)26-20-12-17(28)21(29)18(13-27)32-20/h4-8,10-11,17-18,20-21,25,27-29H,2-3,9,12-13,24H2,1H3,(H,26,30). The Hall–Kier alpha value is -2.34. The van der Waals surface area contributed by atoms with Gasteiger partial charge in [0.15, 0.2) is 5.75 Å². The maximum atomic E-state index is 13.0. The minimum absolute atomic E-state index is 0.00128. The molecule has 2 aromatic carbocycles. The number of rotatable bonds is 10. The zero-order valence-corrected chi connectivity index (χ0v) is 19.3. The van der Waals surface area contributed by atoms with Crippen LogP contribution in [-0.2, 0) is 4.74 Å². The van der Waals surface area contributed by atoms with Crippen molar-refractivity contribution in [2.45, 2.75) is 55.6 Å². The van der Waals surface area contributed by atoms with Crippen LogP contribution in [0, 0.1) is 0 Å². The summed E-state index contributed by atoms with van der Waals surface area (Å²) in [6.45, 7) is 2.30. The first-order valence-corrected chi connectivity index (χ1v) is 11.8. The van der Waals surface area contributed by atoms with Crippen molar-refractivity contribution in [1.29, 1.82) is 0 Å². The van der Waals surface area contributed by atoms with E-state index in [-0.39, 0.29) is 6.42 Å². The summed E-state index contributed by atoms with van der Waals surface area (Å²) >= 11 is 0.968. The van der Waals surface area contributed by atoms with E-state index in [0.717, 1.165) is 24.8 Å². The van der Waals surface area contributed by atoms with E-state index in [2.05, 4.69) is 17.6 Å². The molecule has 7 N–H and O–H groups in total. The number of unbranched alkanes of at least 4 members (excludes halogenated alkanes) is 1. The minimum atomic E-state index is -1.22. The molecule has 1 aliphatic heterocycles. The summed E-state index contributed by atoms with van der Waals surface area (Å²) in [6, 6.07) is 12.6. The lowest BCUT2D eigenvalue weighted by molar-refractivity contribution is -0.184. The molecule has 1 saturated heterocycles. The third-order valence-electron chi connectivity index (χ3n) is 5.29. The Kier molecular flexibility index (Phi) is 9.36. The van der Waals surface area contributed by atoms with Gasteiger partial charge in [-0.1, -0.05) is 31.5 Å². The largest absolute Gasteiger partial charge is 0.454 e. The van der Waals surface area contributed by atoms with Crippen molar-refractivity contribution in [3.05, 3.63) is 48.0 Å². The highest BCUT2D eigenvalue weighted by atomic mass is 32.2. The van der Waals surface area contributed by atoms with Crippen LogP contribution in [0.25, 0.3) is 0 Å².